The molecule has 5 rings (SSSR count). The number of hydrogen-bond acceptors (Lipinski definition) is 1. The number of nitrogens with zero attached hydrogens (tertiary/aromatic N) is 2. The van der Waals surface area contributed by atoms with Crippen LogP contribution in [0.3, 0.4) is 0 Å². The second kappa shape index (κ2) is 5.97. The third kappa shape index (κ3) is 2.76. The first-order valence-corrected chi connectivity index (χ1v) is 9.89. The molecule has 2 aliphatic heterocycles. The van der Waals surface area contributed by atoms with Gasteiger partial charge >= 0.3 is 0 Å². The maximum atomic E-state index is 2.59. The molecular formula is C25H27N2+. The summed E-state index contributed by atoms with van der Waals surface area (Å²) in [6, 6.07) is 23.1. The van der Waals surface area contributed by atoms with E-state index >= 15 is 0 Å². The number of benzene rings is 3. The minimum absolute atomic E-state index is 0.995. The number of quaternary nitrogens is 1. The molecule has 0 amide bonds. The smallest absolute Gasteiger partial charge is 0.160 e. The molecule has 0 aliphatic carbocycles. The lowest BCUT2D eigenvalue weighted by Crippen LogP contribution is -2.60. The summed E-state index contributed by atoms with van der Waals surface area (Å²) in [6.07, 6.45) is 0. The summed E-state index contributed by atoms with van der Waals surface area (Å²) in [5, 5.41) is 0. The molecule has 2 heteroatoms. The summed E-state index contributed by atoms with van der Waals surface area (Å²) >= 11 is 0. The second-order valence-electron chi connectivity index (χ2n) is 8.55. The maximum Gasteiger partial charge on any atom is 0.160 e. The van der Waals surface area contributed by atoms with E-state index in [2.05, 4.69) is 86.3 Å². The average Bonchev–Trinajstić information content (AvgIpc) is 2.63. The molecule has 0 radical (unpaired) electrons. The van der Waals surface area contributed by atoms with Crippen molar-refractivity contribution in [3.8, 4) is 0 Å². The van der Waals surface area contributed by atoms with Crippen LogP contribution in [0.25, 0.3) is 0 Å². The van der Waals surface area contributed by atoms with Gasteiger partial charge in [-0.25, -0.2) is 0 Å². The van der Waals surface area contributed by atoms with Crippen LogP contribution >= 0.6 is 0 Å². The van der Waals surface area contributed by atoms with Crippen molar-refractivity contribution in [3.05, 3.63) is 94.0 Å². The van der Waals surface area contributed by atoms with E-state index in [1.165, 1.54) is 44.8 Å². The normalized spacial score (nSPS) is 20.2. The lowest BCUT2D eigenvalue weighted by molar-refractivity contribution is 0.227. The zero-order valence-corrected chi connectivity index (χ0v) is 16.5. The van der Waals surface area contributed by atoms with Crippen LogP contribution in [0, 0.1) is 20.8 Å². The molecule has 1 unspecified atom stereocenters. The van der Waals surface area contributed by atoms with Gasteiger partial charge in [0.25, 0.3) is 0 Å². The minimum atomic E-state index is 0.995. The van der Waals surface area contributed by atoms with Gasteiger partial charge < -0.3 is 4.90 Å². The Morgan fingerprint density at radius 1 is 0.778 bits per heavy atom. The summed E-state index contributed by atoms with van der Waals surface area (Å²) in [5.74, 6) is 0. The number of fused-ring (bicyclic) bond motifs is 6. The fourth-order valence-corrected chi connectivity index (χ4v) is 4.97. The zero-order valence-electron chi connectivity index (χ0n) is 16.5. The van der Waals surface area contributed by atoms with E-state index in [9.17, 15) is 0 Å². The minimum Gasteiger partial charge on any atom is -0.320 e. The van der Waals surface area contributed by atoms with Gasteiger partial charge in [-0.2, -0.15) is 0 Å². The van der Waals surface area contributed by atoms with Crippen molar-refractivity contribution in [2.45, 2.75) is 40.4 Å². The molecular weight excluding hydrogens is 328 g/mol. The molecule has 2 aliphatic rings. The largest absolute Gasteiger partial charge is 0.320 e. The lowest BCUT2D eigenvalue weighted by Gasteiger charge is -2.51. The van der Waals surface area contributed by atoms with E-state index in [-0.39, 0.29) is 0 Å². The first-order valence-electron chi connectivity index (χ1n) is 9.89. The van der Waals surface area contributed by atoms with Crippen LogP contribution in [0.5, 0.6) is 0 Å². The third-order valence-electron chi connectivity index (χ3n) is 6.20. The topological polar surface area (TPSA) is 3.24 Å². The van der Waals surface area contributed by atoms with Crippen molar-refractivity contribution in [1.82, 2.24) is 4.48 Å². The Bertz CT molecular complexity index is 1020. The van der Waals surface area contributed by atoms with Crippen molar-refractivity contribution < 1.29 is 0 Å². The van der Waals surface area contributed by atoms with E-state index in [1.54, 1.807) is 0 Å². The van der Waals surface area contributed by atoms with Crippen LogP contribution in [0.15, 0.2) is 60.7 Å². The van der Waals surface area contributed by atoms with Crippen molar-refractivity contribution in [3.63, 3.8) is 0 Å². The third-order valence-corrected chi connectivity index (χ3v) is 6.20. The number of anilines is 1. The maximum absolute atomic E-state index is 2.59. The molecule has 2 heterocycles. The quantitative estimate of drug-likeness (QED) is 0.540. The van der Waals surface area contributed by atoms with E-state index in [1.807, 2.05) is 0 Å². The predicted molar refractivity (Wildman–Crippen MR) is 114 cm³/mol. The predicted octanol–water partition coefficient (Wildman–Crippen LogP) is 5.61. The number of rotatable bonds is 2. The highest BCUT2D eigenvalue weighted by Crippen LogP contribution is 2.44. The molecule has 2 bridgehead atoms. The Balaban J connectivity index is 1.66. The molecule has 0 spiro atoms. The highest BCUT2D eigenvalue weighted by atomic mass is 15.5. The van der Waals surface area contributed by atoms with E-state index in [4.69, 9.17) is 0 Å². The fourth-order valence-electron chi connectivity index (χ4n) is 4.97. The van der Waals surface area contributed by atoms with Crippen LogP contribution < -0.4 is 9.38 Å². The molecule has 3 aromatic carbocycles. The van der Waals surface area contributed by atoms with Crippen LogP contribution in [0.2, 0.25) is 0 Å². The number of hydrogen-bond donors (Lipinski definition) is 0. The van der Waals surface area contributed by atoms with Crippen molar-refractivity contribution in [2.24, 2.45) is 0 Å². The van der Waals surface area contributed by atoms with Gasteiger partial charge in [-0.3, -0.25) is 4.48 Å². The van der Waals surface area contributed by atoms with Gasteiger partial charge in [0.2, 0.25) is 0 Å². The van der Waals surface area contributed by atoms with Crippen LogP contribution in [-0.2, 0) is 19.6 Å². The van der Waals surface area contributed by atoms with Gasteiger partial charge in [-0.05, 0) is 45.0 Å². The van der Waals surface area contributed by atoms with Gasteiger partial charge in [0.05, 0.1) is 12.2 Å². The fraction of sp³-hybridized carbons (Fsp3) is 0.280. The molecule has 1 atom stereocenters. The molecule has 0 N–H and O–H groups in total. The standard InChI is InChI=1S/C25H27N2/c1-18-4-8-21(9-5-18)15-27-16-23-13-19(2)6-10-24(23)26(17-27)14-22-12-20(3)7-11-25(22)27/h4-13H,14-17H2,1-3H3/q+1. The van der Waals surface area contributed by atoms with Gasteiger partial charge in [-0.15, -0.1) is 0 Å². The van der Waals surface area contributed by atoms with Crippen molar-refractivity contribution >= 4 is 11.4 Å². The van der Waals surface area contributed by atoms with Crippen molar-refractivity contribution in [2.75, 3.05) is 11.6 Å². The van der Waals surface area contributed by atoms with E-state index < -0.39 is 0 Å². The van der Waals surface area contributed by atoms with E-state index in [0.29, 0.717) is 0 Å². The molecule has 2 nitrogen and oxygen atoms in total. The lowest BCUT2D eigenvalue weighted by atomic mass is 9.95. The van der Waals surface area contributed by atoms with Crippen LogP contribution in [0.4, 0.5) is 11.4 Å². The highest BCUT2D eigenvalue weighted by molar-refractivity contribution is 5.66. The van der Waals surface area contributed by atoms with Crippen molar-refractivity contribution in [1.29, 1.82) is 0 Å². The summed E-state index contributed by atoms with van der Waals surface area (Å²) in [7, 11) is 0. The first kappa shape index (κ1) is 16.6. The van der Waals surface area contributed by atoms with Crippen LogP contribution in [-0.4, -0.2) is 6.67 Å². The van der Waals surface area contributed by atoms with Crippen LogP contribution in [0.1, 0.15) is 33.4 Å². The average molecular weight is 356 g/mol. The summed E-state index contributed by atoms with van der Waals surface area (Å²) in [4.78, 5) is 2.59. The van der Waals surface area contributed by atoms with Gasteiger partial charge in [0.15, 0.2) is 6.67 Å². The number of aryl methyl sites for hydroxylation is 3. The Morgan fingerprint density at radius 3 is 2.22 bits per heavy atom. The Labute approximate surface area is 162 Å². The molecule has 0 fully saturated rings. The van der Waals surface area contributed by atoms with Gasteiger partial charge in [-0.1, -0.05) is 53.1 Å². The SMILES string of the molecule is Cc1ccc(C[N+]23Cc4cc(C)ccc4N(Cc4cc(C)ccc42)C3)cc1. The Kier molecular flexibility index (Phi) is 3.66. The molecule has 27 heavy (non-hydrogen) atoms. The molecule has 0 saturated carbocycles. The van der Waals surface area contributed by atoms with E-state index in [0.717, 1.165) is 30.8 Å². The highest BCUT2D eigenvalue weighted by Gasteiger charge is 2.44. The summed E-state index contributed by atoms with van der Waals surface area (Å²) in [5.41, 5.74) is 11.4. The molecule has 3 aromatic rings. The first-order chi connectivity index (χ1) is 13.0. The molecule has 136 valence electrons. The zero-order chi connectivity index (χ0) is 18.6. The molecule has 0 saturated heterocycles. The Morgan fingerprint density at radius 2 is 1.44 bits per heavy atom. The van der Waals surface area contributed by atoms with Gasteiger partial charge in [0, 0.05) is 16.7 Å². The Hall–Kier alpha value is -2.58. The monoisotopic (exact) mass is 355 g/mol. The summed E-state index contributed by atoms with van der Waals surface area (Å²) in [6.45, 7) is 10.8. The van der Waals surface area contributed by atoms with Gasteiger partial charge in [0.1, 0.15) is 18.8 Å². The summed E-state index contributed by atoms with van der Waals surface area (Å²) < 4.78 is 0.995. The molecule has 0 aromatic heterocycles. The second-order valence-corrected chi connectivity index (χ2v) is 8.55.